The first-order chi connectivity index (χ1) is 16.3. The average molecular weight is 474 g/mol. The molecule has 4 rings (SSSR count). The van der Waals surface area contributed by atoms with E-state index in [2.05, 4.69) is 9.97 Å². The van der Waals surface area contributed by atoms with E-state index in [-0.39, 0.29) is 30.2 Å². The third-order valence-electron chi connectivity index (χ3n) is 6.28. The van der Waals surface area contributed by atoms with Gasteiger partial charge in [0.05, 0.1) is 6.10 Å². The van der Waals surface area contributed by atoms with Crippen molar-refractivity contribution in [1.82, 2.24) is 14.9 Å². The number of likely N-dealkylation sites (tertiary alicyclic amines) is 1. The molecule has 2 unspecified atom stereocenters. The van der Waals surface area contributed by atoms with Gasteiger partial charge < -0.3 is 24.1 Å². The molecular formula is C26H36FN3O4. The van der Waals surface area contributed by atoms with Gasteiger partial charge in [-0.2, -0.15) is 0 Å². The molecule has 1 aromatic carbocycles. The van der Waals surface area contributed by atoms with Gasteiger partial charge in [0.1, 0.15) is 17.2 Å². The lowest BCUT2D eigenvalue weighted by Gasteiger charge is -2.32. The van der Waals surface area contributed by atoms with Crippen molar-refractivity contribution in [1.29, 1.82) is 0 Å². The molecule has 2 saturated heterocycles. The van der Waals surface area contributed by atoms with Crippen LogP contribution in [-0.2, 0) is 20.6 Å². The SMILES string of the molecule is CC(C)(C)OC(=O)N1CCC(c2ncc(CC(OC3CCCCO3)c3ccc(F)cc3)[nH]2)CC1. The van der Waals surface area contributed by atoms with Crippen molar-refractivity contribution in [3.05, 3.63) is 53.4 Å². The number of rotatable bonds is 6. The van der Waals surface area contributed by atoms with Crippen molar-refractivity contribution >= 4 is 6.09 Å². The van der Waals surface area contributed by atoms with E-state index in [9.17, 15) is 9.18 Å². The van der Waals surface area contributed by atoms with Crippen LogP contribution >= 0.6 is 0 Å². The van der Waals surface area contributed by atoms with Crippen molar-refractivity contribution in [2.75, 3.05) is 19.7 Å². The molecule has 2 atom stereocenters. The summed E-state index contributed by atoms with van der Waals surface area (Å²) in [4.78, 5) is 22.2. The van der Waals surface area contributed by atoms with Crippen LogP contribution in [-0.4, -0.2) is 52.5 Å². The maximum Gasteiger partial charge on any atom is 0.410 e. The predicted molar refractivity (Wildman–Crippen MR) is 126 cm³/mol. The number of H-pyrrole nitrogens is 1. The predicted octanol–water partition coefficient (Wildman–Crippen LogP) is 5.49. The molecule has 0 radical (unpaired) electrons. The molecule has 2 fully saturated rings. The summed E-state index contributed by atoms with van der Waals surface area (Å²) < 4.78 is 31.1. The second kappa shape index (κ2) is 10.9. The minimum absolute atomic E-state index is 0.247. The number of carbonyl (C=O) groups is 1. The first-order valence-corrected chi connectivity index (χ1v) is 12.3. The molecule has 3 heterocycles. The van der Waals surface area contributed by atoms with Crippen LogP contribution in [0.3, 0.4) is 0 Å². The van der Waals surface area contributed by atoms with Gasteiger partial charge in [-0.15, -0.1) is 0 Å². The largest absolute Gasteiger partial charge is 0.444 e. The summed E-state index contributed by atoms with van der Waals surface area (Å²) >= 11 is 0. The molecule has 2 aromatic rings. The zero-order chi connectivity index (χ0) is 24.1. The molecule has 7 nitrogen and oxygen atoms in total. The van der Waals surface area contributed by atoms with Crippen LogP contribution in [0.1, 0.15) is 82.0 Å². The van der Waals surface area contributed by atoms with Crippen LogP contribution in [0.25, 0.3) is 0 Å². The van der Waals surface area contributed by atoms with E-state index in [1.165, 1.54) is 12.1 Å². The number of hydrogen-bond donors (Lipinski definition) is 1. The Morgan fingerprint density at radius 3 is 2.59 bits per heavy atom. The van der Waals surface area contributed by atoms with E-state index >= 15 is 0 Å². The Hall–Kier alpha value is -2.45. The molecule has 2 aliphatic heterocycles. The minimum Gasteiger partial charge on any atom is -0.444 e. The Morgan fingerprint density at radius 2 is 1.94 bits per heavy atom. The van der Waals surface area contributed by atoms with Crippen molar-refractivity contribution in [2.24, 2.45) is 0 Å². The lowest BCUT2D eigenvalue weighted by atomic mass is 9.96. The number of imidazole rings is 1. The topological polar surface area (TPSA) is 76.7 Å². The van der Waals surface area contributed by atoms with Crippen molar-refractivity contribution < 1.29 is 23.4 Å². The highest BCUT2D eigenvalue weighted by Crippen LogP contribution is 2.30. The lowest BCUT2D eigenvalue weighted by Crippen LogP contribution is -2.41. The Labute approximate surface area is 201 Å². The van der Waals surface area contributed by atoms with E-state index in [0.29, 0.717) is 26.1 Å². The Balaban J connectivity index is 1.38. The van der Waals surface area contributed by atoms with Gasteiger partial charge in [0.15, 0.2) is 6.29 Å². The first-order valence-electron chi connectivity index (χ1n) is 12.3. The molecule has 34 heavy (non-hydrogen) atoms. The Kier molecular flexibility index (Phi) is 7.88. The number of benzene rings is 1. The fourth-order valence-electron chi connectivity index (χ4n) is 4.47. The summed E-state index contributed by atoms with van der Waals surface area (Å²) in [5.74, 6) is 0.933. The van der Waals surface area contributed by atoms with Gasteiger partial charge in [-0.05, 0) is 70.6 Å². The molecule has 2 aliphatic rings. The van der Waals surface area contributed by atoms with Gasteiger partial charge in [-0.25, -0.2) is 14.2 Å². The lowest BCUT2D eigenvalue weighted by molar-refractivity contribution is -0.189. The number of piperidine rings is 1. The van der Waals surface area contributed by atoms with Crippen molar-refractivity contribution in [2.45, 2.75) is 83.2 Å². The third-order valence-corrected chi connectivity index (χ3v) is 6.28. The number of nitrogens with one attached hydrogen (secondary N) is 1. The number of carbonyl (C=O) groups excluding carboxylic acids is 1. The second-order valence-corrected chi connectivity index (χ2v) is 10.2. The number of aromatic nitrogens is 2. The van der Waals surface area contributed by atoms with Gasteiger partial charge in [0.25, 0.3) is 0 Å². The van der Waals surface area contributed by atoms with E-state index < -0.39 is 5.60 Å². The highest BCUT2D eigenvalue weighted by Gasteiger charge is 2.29. The zero-order valence-electron chi connectivity index (χ0n) is 20.4. The number of amides is 1. The van der Waals surface area contributed by atoms with Gasteiger partial charge in [-0.1, -0.05) is 12.1 Å². The minimum atomic E-state index is -0.490. The highest BCUT2D eigenvalue weighted by molar-refractivity contribution is 5.68. The summed E-state index contributed by atoms with van der Waals surface area (Å²) in [7, 11) is 0. The Morgan fingerprint density at radius 1 is 1.21 bits per heavy atom. The molecule has 0 bridgehead atoms. The van der Waals surface area contributed by atoms with Crippen LogP contribution in [0.2, 0.25) is 0 Å². The van der Waals surface area contributed by atoms with E-state index in [1.54, 1.807) is 17.0 Å². The molecule has 0 aliphatic carbocycles. The number of nitrogens with zero attached hydrogens (tertiary/aromatic N) is 2. The zero-order valence-corrected chi connectivity index (χ0v) is 20.4. The second-order valence-electron chi connectivity index (χ2n) is 10.2. The molecule has 8 heteroatoms. The monoisotopic (exact) mass is 473 g/mol. The molecule has 0 saturated carbocycles. The number of hydrogen-bond acceptors (Lipinski definition) is 5. The maximum absolute atomic E-state index is 13.5. The fourth-order valence-corrected chi connectivity index (χ4v) is 4.47. The number of ether oxygens (including phenoxy) is 3. The number of halogens is 1. The molecule has 1 amide bonds. The summed E-state index contributed by atoms with van der Waals surface area (Å²) in [6.07, 6.45) is 6.35. The normalized spacial score (nSPS) is 20.8. The van der Waals surface area contributed by atoms with Gasteiger partial charge in [0.2, 0.25) is 0 Å². The fraction of sp³-hybridized carbons (Fsp3) is 0.615. The summed E-state index contributed by atoms with van der Waals surface area (Å²) in [6.45, 7) is 7.64. The molecule has 1 aromatic heterocycles. The first kappa shape index (κ1) is 24.7. The van der Waals surface area contributed by atoms with E-state index in [4.69, 9.17) is 14.2 Å². The summed E-state index contributed by atoms with van der Waals surface area (Å²) in [6, 6.07) is 6.47. The molecular weight excluding hydrogens is 437 g/mol. The van der Waals surface area contributed by atoms with Gasteiger partial charge in [0, 0.05) is 43.9 Å². The van der Waals surface area contributed by atoms with Crippen LogP contribution in [0.5, 0.6) is 0 Å². The average Bonchev–Trinajstić information content (AvgIpc) is 3.27. The third kappa shape index (κ3) is 6.79. The molecule has 1 N–H and O–H groups in total. The van der Waals surface area contributed by atoms with E-state index in [1.807, 2.05) is 27.0 Å². The van der Waals surface area contributed by atoms with Crippen molar-refractivity contribution in [3.8, 4) is 0 Å². The van der Waals surface area contributed by atoms with Gasteiger partial charge in [-0.3, -0.25) is 0 Å². The van der Waals surface area contributed by atoms with Gasteiger partial charge >= 0.3 is 6.09 Å². The van der Waals surface area contributed by atoms with Crippen molar-refractivity contribution in [3.63, 3.8) is 0 Å². The van der Waals surface area contributed by atoms with E-state index in [0.717, 1.165) is 49.2 Å². The highest BCUT2D eigenvalue weighted by atomic mass is 19.1. The summed E-state index contributed by atoms with van der Waals surface area (Å²) in [5.41, 5.74) is 1.39. The molecule has 186 valence electrons. The van der Waals surface area contributed by atoms with Crippen LogP contribution in [0, 0.1) is 5.82 Å². The number of aromatic amines is 1. The quantitative estimate of drug-likeness (QED) is 0.600. The van der Waals surface area contributed by atoms with Crippen LogP contribution in [0.15, 0.2) is 30.5 Å². The summed E-state index contributed by atoms with van der Waals surface area (Å²) in [5, 5.41) is 0. The smallest absolute Gasteiger partial charge is 0.410 e. The maximum atomic E-state index is 13.5. The van der Waals surface area contributed by atoms with Crippen LogP contribution < -0.4 is 0 Å². The molecule has 0 spiro atoms. The van der Waals surface area contributed by atoms with Crippen LogP contribution in [0.4, 0.5) is 9.18 Å². The standard InChI is InChI=1S/C26H36FN3O4/c1-26(2,3)34-25(31)30-13-11-19(12-14-30)24-28-17-21(29-24)16-22(18-7-9-20(27)10-8-18)33-23-6-4-5-15-32-23/h7-10,17,19,22-23H,4-6,11-16H2,1-3H3,(H,28,29). The Bertz CT molecular complexity index is 926.